The van der Waals surface area contributed by atoms with Crippen LogP contribution in [0.3, 0.4) is 0 Å². The van der Waals surface area contributed by atoms with Crippen LogP contribution in [0, 0.1) is 33.8 Å². The third kappa shape index (κ3) is 12.4. The summed E-state index contributed by atoms with van der Waals surface area (Å²) in [4.78, 5) is 34.2. The summed E-state index contributed by atoms with van der Waals surface area (Å²) >= 11 is 1.75. The van der Waals surface area contributed by atoms with Gasteiger partial charge in [0.05, 0.1) is 5.52 Å². The van der Waals surface area contributed by atoms with E-state index in [2.05, 4.69) is 66.7 Å². The van der Waals surface area contributed by atoms with E-state index >= 15 is 0 Å². The van der Waals surface area contributed by atoms with Gasteiger partial charge in [-0.05, 0) is 80.3 Å². The van der Waals surface area contributed by atoms with Crippen LogP contribution in [0.4, 0.5) is 0 Å². The molecule has 0 fully saturated rings. The largest absolute Gasteiger partial charge is 0.512 e. The maximum atomic E-state index is 12.2. The molecular weight excluding hydrogens is 1270 g/mol. The SMILES string of the molecule is CCC(C)(CC)C(=O)/C=C(\O)C(C)(CC)CC.CCC(C)(CC)C(=O)/C=C(\O)C(C)(CC)CC.[Pt].[Pt].[c-]1ccc2c(sc3c(-c4ccc5c(n4)oc4ccccc45)[c-]ccc32)c1-c1ccc2ccccc2n1. The predicted octanol–water partition coefficient (Wildman–Crippen LogP) is 18.1. The molecule has 0 aliphatic carbocycles. The molecule has 0 bridgehead atoms. The van der Waals surface area contributed by atoms with Crippen molar-refractivity contribution in [3.05, 3.63) is 133 Å². The van der Waals surface area contributed by atoms with E-state index in [4.69, 9.17) is 14.4 Å². The number of furan rings is 1. The molecule has 2 N–H and O–H groups in total. The van der Waals surface area contributed by atoms with Crippen molar-refractivity contribution >= 4 is 76.0 Å². The van der Waals surface area contributed by atoms with Crippen molar-refractivity contribution in [2.24, 2.45) is 21.7 Å². The second-order valence-electron chi connectivity index (χ2n) is 19.7. The van der Waals surface area contributed by atoms with E-state index in [1.165, 1.54) is 27.6 Å². The van der Waals surface area contributed by atoms with Crippen molar-refractivity contribution in [3.63, 3.8) is 0 Å². The fourth-order valence-corrected chi connectivity index (χ4v) is 9.72. The number of benzene rings is 4. The number of nitrogens with zero attached hydrogens (tertiary/aromatic N) is 2. The Hall–Kier alpha value is -4.74. The molecule has 0 saturated carbocycles. The van der Waals surface area contributed by atoms with Crippen LogP contribution in [0.5, 0.6) is 0 Å². The van der Waals surface area contributed by atoms with Gasteiger partial charge in [0, 0.05) is 86.7 Å². The van der Waals surface area contributed by atoms with Gasteiger partial charge in [-0.25, -0.2) is 11.3 Å². The van der Waals surface area contributed by atoms with Crippen molar-refractivity contribution < 1.29 is 66.3 Å². The number of hydrogen-bond acceptors (Lipinski definition) is 8. The number of carbonyl (C=O) groups excluding carboxylic acids is 2. The van der Waals surface area contributed by atoms with Crippen LogP contribution in [0.2, 0.25) is 0 Å². The van der Waals surface area contributed by atoms with Gasteiger partial charge in [-0.15, -0.1) is 58.3 Å². The number of hydrogen-bond donors (Lipinski definition) is 2. The van der Waals surface area contributed by atoms with E-state index in [9.17, 15) is 19.8 Å². The van der Waals surface area contributed by atoms with E-state index in [0.29, 0.717) is 5.71 Å². The van der Waals surface area contributed by atoms with Gasteiger partial charge in [-0.2, -0.15) is 0 Å². The van der Waals surface area contributed by atoms with E-state index in [1.54, 1.807) is 11.3 Å². The Balaban J connectivity index is 0.000000266. The fourth-order valence-electron chi connectivity index (χ4n) is 8.40. The number of pyridine rings is 2. The molecule has 0 spiro atoms. The van der Waals surface area contributed by atoms with Gasteiger partial charge < -0.3 is 14.6 Å². The zero-order chi connectivity index (χ0) is 51.0. The van der Waals surface area contributed by atoms with Gasteiger partial charge in [-0.1, -0.05) is 153 Å². The molecule has 7 nitrogen and oxygen atoms in total. The minimum atomic E-state index is -0.337. The molecule has 0 amide bonds. The summed E-state index contributed by atoms with van der Waals surface area (Å²) in [5, 5.41) is 25.9. The summed E-state index contributed by atoms with van der Waals surface area (Å²) in [5.41, 5.74) is 5.06. The zero-order valence-corrected chi connectivity index (χ0v) is 49.5. The molecule has 72 heavy (non-hydrogen) atoms. The van der Waals surface area contributed by atoms with Crippen molar-refractivity contribution in [2.75, 3.05) is 0 Å². The van der Waals surface area contributed by atoms with Gasteiger partial charge in [-0.3, -0.25) is 19.6 Å². The van der Waals surface area contributed by atoms with Crippen LogP contribution in [0.25, 0.3) is 75.7 Å². The Morgan fingerprint density at radius 3 is 1.44 bits per heavy atom. The molecular formula is C62H72N2O5Pt2S-2. The number of rotatable bonds is 16. The van der Waals surface area contributed by atoms with Crippen LogP contribution in [0.1, 0.15) is 134 Å². The second kappa shape index (κ2) is 25.5. The second-order valence-corrected chi connectivity index (χ2v) is 20.7. The Labute approximate surface area is 460 Å². The number of ketones is 2. The van der Waals surface area contributed by atoms with E-state index < -0.39 is 0 Å². The summed E-state index contributed by atoms with van der Waals surface area (Å²) in [6.07, 6.45) is 9.51. The molecule has 0 aliphatic heterocycles. The molecule has 4 aromatic carbocycles. The zero-order valence-electron chi connectivity index (χ0n) is 44.1. The topological polar surface area (TPSA) is 114 Å². The summed E-state index contributed by atoms with van der Waals surface area (Å²) in [6.45, 7) is 24.2. The van der Waals surface area contributed by atoms with Crippen LogP contribution < -0.4 is 0 Å². The molecule has 4 heterocycles. The molecule has 8 rings (SSSR count). The van der Waals surface area contributed by atoms with Crippen molar-refractivity contribution in [3.8, 4) is 22.5 Å². The van der Waals surface area contributed by atoms with Gasteiger partial charge in [0.1, 0.15) is 17.1 Å². The fraction of sp³-hybridized carbons (Fsp3) is 0.387. The molecule has 0 unspecified atom stereocenters. The average Bonchev–Trinajstić information content (AvgIpc) is 3.98. The Bertz CT molecular complexity index is 3120. The normalized spacial score (nSPS) is 12.5. The third-order valence-electron chi connectivity index (χ3n) is 16.0. The van der Waals surface area contributed by atoms with Crippen LogP contribution in [-0.4, -0.2) is 31.7 Å². The van der Waals surface area contributed by atoms with Crippen molar-refractivity contribution in [1.82, 2.24) is 9.97 Å². The first kappa shape index (κ1) is 59.8. The first-order valence-corrected chi connectivity index (χ1v) is 26.1. The Morgan fingerprint density at radius 2 is 0.958 bits per heavy atom. The number of aliphatic hydroxyl groups excluding tert-OH is 2. The molecule has 0 saturated heterocycles. The molecule has 4 aromatic heterocycles. The summed E-state index contributed by atoms with van der Waals surface area (Å²) in [5.74, 6) is 0.572. The first-order valence-electron chi connectivity index (χ1n) is 25.3. The standard InChI is InChI=1S/C32H16N2OS.2C15H28O2.2Pt/c1-3-13-26-19(7-1)15-17-27(33-26)24-11-5-9-21-22-10-6-12-25(31(22)36-30(21)24)28-18-16-23-20-8-2-4-14-29(20)35-32(23)34-28;2*1-7-14(5,8-2)12(16)11-13(17)15(6,9-3)10-4;;/h1-10,13-18H;2*11,16H,7-10H2,1-6H3;;/q-2;;;;/b;2*12-11-;;. The predicted molar refractivity (Wildman–Crippen MR) is 294 cm³/mol. The quantitative estimate of drug-likeness (QED) is 0.0563. The monoisotopic (exact) mass is 1350 g/mol. The summed E-state index contributed by atoms with van der Waals surface area (Å²) < 4.78 is 8.38. The van der Waals surface area contributed by atoms with Gasteiger partial charge >= 0.3 is 0 Å². The van der Waals surface area contributed by atoms with Crippen molar-refractivity contribution in [2.45, 2.75) is 134 Å². The maximum Gasteiger partial charge on any atom is 0.218 e. The number of aliphatic hydroxyl groups is 2. The average molecular weight is 1350 g/mol. The minimum Gasteiger partial charge on any atom is -0.512 e. The first-order chi connectivity index (χ1) is 33.4. The van der Waals surface area contributed by atoms with Crippen molar-refractivity contribution in [1.29, 1.82) is 0 Å². The molecule has 10 heteroatoms. The molecule has 388 valence electrons. The number of carbonyl (C=O) groups is 2. The van der Waals surface area contributed by atoms with Gasteiger partial charge in [0.25, 0.3) is 0 Å². The van der Waals surface area contributed by atoms with E-state index in [1.807, 2.05) is 126 Å². The summed E-state index contributed by atoms with van der Waals surface area (Å²) in [6, 6.07) is 39.8. The number of aromatic nitrogens is 2. The Kier molecular flexibility index (Phi) is 21.2. The summed E-state index contributed by atoms with van der Waals surface area (Å²) in [7, 11) is 0. The Morgan fingerprint density at radius 1 is 0.528 bits per heavy atom. The number of thiophene rings is 1. The van der Waals surface area contributed by atoms with Gasteiger partial charge in [0.15, 0.2) is 11.6 Å². The third-order valence-corrected chi connectivity index (χ3v) is 17.2. The van der Waals surface area contributed by atoms with Crippen LogP contribution in [0.15, 0.2) is 125 Å². The maximum absolute atomic E-state index is 12.2. The minimum absolute atomic E-state index is 0. The van der Waals surface area contributed by atoms with E-state index in [-0.39, 0.29) is 86.9 Å². The number of para-hydroxylation sites is 2. The molecule has 0 aliphatic rings. The molecule has 0 atom stereocenters. The van der Waals surface area contributed by atoms with E-state index in [0.717, 1.165) is 106 Å². The van der Waals surface area contributed by atoms with Crippen LogP contribution in [-0.2, 0) is 51.7 Å². The smallest absolute Gasteiger partial charge is 0.218 e. The van der Waals surface area contributed by atoms with Crippen LogP contribution >= 0.6 is 11.3 Å². The molecule has 0 radical (unpaired) electrons. The van der Waals surface area contributed by atoms with Gasteiger partial charge in [0.2, 0.25) is 5.71 Å². The molecule has 8 aromatic rings. The number of fused-ring (bicyclic) bond motifs is 7. The number of allylic oxidation sites excluding steroid dienone is 4.